The van der Waals surface area contributed by atoms with Crippen molar-refractivity contribution in [1.29, 1.82) is 0 Å². The molecule has 0 saturated heterocycles. The van der Waals surface area contributed by atoms with Crippen LogP contribution in [0.15, 0.2) is 28.8 Å². The lowest BCUT2D eigenvalue weighted by atomic mass is 10.2. The maximum atomic E-state index is 11.1. The largest absolute Gasteiger partial charge is 0.497 e. The van der Waals surface area contributed by atoms with E-state index in [1.165, 1.54) is 0 Å². The number of nitrogens with zero attached hydrogens (tertiary/aromatic N) is 2. The monoisotopic (exact) mass is 234 g/mol. The Morgan fingerprint density at radius 2 is 2.12 bits per heavy atom. The number of hydrogen-bond acceptors (Lipinski definition) is 6. The van der Waals surface area contributed by atoms with Crippen LogP contribution in [0.25, 0.3) is 11.4 Å². The predicted octanol–water partition coefficient (Wildman–Crippen LogP) is 0.349. The Morgan fingerprint density at radius 1 is 1.41 bits per heavy atom. The highest BCUT2D eigenvalue weighted by atomic mass is 16.5. The van der Waals surface area contributed by atoms with Gasteiger partial charge in [-0.2, -0.15) is 4.98 Å². The fourth-order valence-electron chi connectivity index (χ4n) is 1.23. The number of rotatable bonds is 3. The molecule has 0 saturated carbocycles. The van der Waals surface area contributed by atoms with Gasteiger partial charge >= 0.3 is 11.8 Å². The number of nitrogens with one attached hydrogen (secondary N) is 1. The highest BCUT2D eigenvalue weighted by Crippen LogP contribution is 2.19. The molecule has 3 N–H and O–H groups in total. The number of ether oxygens (including phenoxy) is 1. The SMILES string of the molecule is COc1ccc(-c2noc(C(=O)NN)n2)cc1. The topological polar surface area (TPSA) is 103 Å². The van der Waals surface area contributed by atoms with Crippen LogP contribution in [-0.4, -0.2) is 23.2 Å². The Bertz CT molecular complexity index is 521. The standard InChI is InChI=1S/C10H10N4O3/c1-16-7-4-2-6(3-5-7)8-12-10(17-14-8)9(15)13-11/h2-5H,11H2,1H3,(H,13,15). The van der Waals surface area contributed by atoms with Gasteiger partial charge in [0.1, 0.15) is 5.75 Å². The summed E-state index contributed by atoms with van der Waals surface area (Å²) in [5.41, 5.74) is 2.62. The van der Waals surface area contributed by atoms with Crippen molar-refractivity contribution < 1.29 is 14.1 Å². The van der Waals surface area contributed by atoms with Gasteiger partial charge in [0, 0.05) is 5.56 Å². The molecule has 17 heavy (non-hydrogen) atoms. The number of methoxy groups -OCH3 is 1. The average molecular weight is 234 g/mol. The van der Waals surface area contributed by atoms with Crippen molar-refractivity contribution in [3.63, 3.8) is 0 Å². The van der Waals surface area contributed by atoms with Gasteiger partial charge in [-0.25, -0.2) is 5.84 Å². The van der Waals surface area contributed by atoms with Gasteiger partial charge in [0.15, 0.2) is 0 Å². The van der Waals surface area contributed by atoms with Gasteiger partial charge < -0.3 is 9.26 Å². The van der Waals surface area contributed by atoms with Crippen LogP contribution in [0.5, 0.6) is 5.75 Å². The second-order valence-electron chi connectivity index (χ2n) is 3.13. The van der Waals surface area contributed by atoms with Crippen LogP contribution >= 0.6 is 0 Å². The van der Waals surface area contributed by atoms with Crippen LogP contribution in [-0.2, 0) is 0 Å². The quantitative estimate of drug-likeness (QED) is 0.451. The molecule has 1 aromatic carbocycles. The molecule has 0 aliphatic carbocycles. The molecule has 0 fully saturated rings. The molecular formula is C10H10N4O3. The van der Waals surface area contributed by atoms with Gasteiger partial charge in [0.2, 0.25) is 5.82 Å². The number of hydrazine groups is 1. The van der Waals surface area contributed by atoms with Crippen LogP contribution in [0.3, 0.4) is 0 Å². The molecule has 0 bridgehead atoms. The summed E-state index contributed by atoms with van der Waals surface area (Å²) in [5.74, 6) is 5.17. The van der Waals surface area contributed by atoms with Crippen molar-refractivity contribution in [2.24, 2.45) is 5.84 Å². The normalized spacial score (nSPS) is 10.0. The van der Waals surface area contributed by atoms with Gasteiger partial charge in [0.25, 0.3) is 0 Å². The van der Waals surface area contributed by atoms with E-state index in [9.17, 15) is 4.79 Å². The van der Waals surface area contributed by atoms with Crippen molar-refractivity contribution in [3.05, 3.63) is 30.2 Å². The van der Waals surface area contributed by atoms with Crippen molar-refractivity contribution in [1.82, 2.24) is 15.6 Å². The Labute approximate surface area is 96.5 Å². The molecule has 1 amide bonds. The highest BCUT2D eigenvalue weighted by Gasteiger charge is 2.14. The average Bonchev–Trinajstić information content (AvgIpc) is 2.87. The number of amides is 1. The fourth-order valence-corrected chi connectivity index (χ4v) is 1.23. The predicted molar refractivity (Wildman–Crippen MR) is 57.9 cm³/mol. The summed E-state index contributed by atoms with van der Waals surface area (Å²) in [6.45, 7) is 0. The van der Waals surface area contributed by atoms with Crippen molar-refractivity contribution >= 4 is 5.91 Å². The third kappa shape index (κ3) is 2.23. The first-order valence-electron chi connectivity index (χ1n) is 4.73. The Kier molecular flexibility index (Phi) is 3.01. The zero-order valence-corrected chi connectivity index (χ0v) is 9.01. The van der Waals surface area contributed by atoms with E-state index in [2.05, 4.69) is 10.1 Å². The van der Waals surface area contributed by atoms with Crippen LogP contribution in [0.1, 0.15) is 10.7 Å². The van der Waals surface area contributed by atoms with E-state index in [0.29, 0.717) is 11.4 Å². The lowest BCUT2D eigenvalue weighted by Crippen LogP contribution is -2.30. The second-order valence-corrected chi connectivity index (χ2v) is 3.13. The smallest absolute Gasteiger partial charge is 0.323 e. The van der Waals surface area contributed by atoms with Gasteiger partial charge in [-0.05, 0) is 24.3 Å². The number of nitrogen functional groups attached to an aromatic ring is 1. The molecule has 0 unspecified atom stereocenters. The molecule has 2 aromatic rings. The summed E-state index contributed by atoms with van der Waals surface area (Å²) < 4.78 is 9.76. The molecule has 88 valence electrons. The van der Waals surface area contributed by atoms with Gasteiger partial charge in [-0.15, -0.1) is 0 Å². The minimum absolute atomic E-state index is 0.182. The molecule has 0 aliphatic rings. The summed E-state index contributed by atoms with van der Waals surface area (Å²) in [5, 5.41) is 3.67. The van der Waals surface area contributed by atoms with Gasteiger partial charge in [-0.1, -0.05) is 5.16 Å². The second kappa shape index (κ2) is 4.62. The lowest BCUT2D eigenvalue weighted by Gasteiger charge is -1.98. The summed E-state index contributed by atoms with van der Waals surface area (Å²) in [4.78, 5) is 15.0. The zero-order chi connectivity index (χ0) is 12.3. The van der Waals surface area contributed by atoms with Crippen molar-refractivity contribution in [3.8, 4) is 17.1 Å². The number of hydrogen-bond donors (Lipinski definition) is 2. The van der Waals surface area contributed by atoms with Crippen molar-refractivity contribution in [2.75, 3.05) is 7.11 Å². The Hall–Kier alpha value is -2.41. The number of benzene rings is 1. The highest BCUT2D eigenvalue weighted by molar-refractivity contribution is 5.89. The first-order valence-corrected chi connectivity index (χ1v) is 4.73. The Morgan fingerprint density at radius 3 is 2.71 bits per heavy atom. The van der Waals surface area contributed by atoms with E-state index in [4.69, 9.17) is 15.1 Å². The Balaban J connectivity index is 2.27. The summed E-state index contributed by atoms with van der Waals surface area (Å²) in [7, 11) is 1.58. The van der Waals surface area contributed by atoms with E-state index >= 15 is 0 Å². The minimum Gasteiger partial charge on any atom is -0.497 e. The molecule has 1 aromatic heterocycles. The third-order valence-corrected chi connectivity index (χ3v) is 2.10. The van der Waals surface area contributed by atoms with Crippen LogP contribution in [0.4, 0.5) is 0 Å². The van der Waals surface area contributed by atoms with Gasteiger partial charge in [-0.3, -0.25) is 10.2 Å². The fraction of sp³-hybridized carbons (Fsp3) is 0.100. The lowest BCUT2D eigenvalue weighted by molar-refractivity contribution is 0.0910. The summed E-state index contributed by atoms with van der Waals surface area (Å²) in [6.07, 6.45) is 0. The van der Waals surface area contributed by atoms with Crippen LogP contribution in [0, 0.1) is 0 Å². The van der Waals surface area contributed by atoms with Crippen molar-refractivity contribution in [2.45, 2.75) is 0 Å². The summed E-state index contributed by atoms with van der Waals surface area (Å²) >= 11 is 0. The maximum absolute atomic E-state index is 11.1. The van der Waals surface area contributed by atoms with Gasteiger partial charge in [0.05, 0.1) is 7.11 Å². The van der Waals surface area contributed by atoms with E-state index < -0.39 is 5.91 Å². The molecule has 2 rings (SSSR count). The molecule has 0 spiro atoms. The number of nitrogens with two attached hydrogens (primary N) is 1. The van der Waals surface area contributed by atoms with E-state index in [1.54, 1.807) is 31.4 Å². The minimum atomic E-state index is -0.628. The van der Waals surface area contributed by atoms with Crippen LogP contribution < -0.4 is 16.0 Å². The molecule has 0 atom stereocenters. The third-order valence-electron chi connectivity index (χ3n) is 2.10. The number of carbonyl (C=O) groups excluding carboxylic acids is 1. The van der Waals surface area contributed by atoms with E-state index in [-0.39, 0.29) is 5.89 Å². The molecule has 1 heterocycles. The number of carbonyl (C=O) groups is 1. The summed E-state index contributed by atoms with van der Waals surface area (Å²) in [6, 6.07) is 7.03. The van der Waals surface area contributed by atoms with E-state index in [1.807, 2.05) is 5.43 Å². The molecule has 7 heteroatoms. The molecular weight excluding hydrogens is 224 g/mol. The van der Waals surface area contributed by atoms with E-state index in [0.717, 1.165) is 5.75 Å². The zero-order valence-electron chi connectivity index (χ0n) is 9.01. The molecule has 0 radical (unpaired) electrons. The first kappa shape index (κ1) is 11.1. The molecule has 0 aliphatic heterocycles. The number of aromatic nitrogens is 2. The first-order chi connectivity index (χ1) is 8.24. The van der Waals surface area contributed by atoms with Crippen LogP contribution in [0.2, 0.25) is 0 Å². The maximum Gasteiger partial charge on any atom is 0.323 e. The molecule has 7 nitrogen and oxygen atoms in total.